The van der Waals surface area contributed by atoms with Crippen molar-refractivity contribution in [1.82, 2.24) is 10.6 Å². The van der Waals surface area contributed by atoms with Crippen molar-refractivity contribution in [3.63, 3.8) is 0 Å². The fourth-order valence-electron chi connectivity index (χ4n) is 1.39. The van der Waals surface area contributed by atoms with Crippen molar-refractivity contribution < 1.29 is 24.2 Å². The van der Waals surface area contributed by atoms with Gasteiger partial charge in [-0.2, -0.15) is 0 Å². The normalized spacial score (nSPS) is 10.5. The molecule has 0 aliphatic rings. The minimum Gasteiger partial charge on any atom is -0.459 e. The Morgan fingerprint density at radius 3 is 2.63 bits per heavy atom. The zero-order valence-electron chi connectivity index (χ0n) is 10.5. The van der Waals surface area contributed by atoms with Gasteiger partial charge < -0.3 is 25.3 Å². The Morgan fingerprint density at radius 2 is 2.05 bits per heavy atom. The van der Waals surface area contributed by atoms with Crippen molar-refractivity contribution in [2.45, 2.75) is 18.9 Å². The number of rotatable bonds is 8. The summed E-state index contributed by atoms with van der Waals surface area (Å²) in [5.41, 5.74) is 0. The molecule has 0 radical (unpaired) electrons. The van der Waals surface area contributed by atoms with E-state index >= 15 is 0 Å². The zero-order valence-corrected chi connectivity index (χ0v) is 10.5. The third-order valence-corrected chi connectivity index (χ3v) is 2.42. The summed E-state index contributed by atoms with van der Waals surface area (Å²) in [5, 5.41) is 22.6. The van der Waals surface area contributed by atoms with Gasteiger partial charge in [0, 0.05) is 13.0 Å². The number of carbonyl (C=O) groups is 2. The molecule has 1 aromatic rings. The summed E-state index contributed by atoms with van der Waals surface area (Å²) >= 11 is 0. The minimum atomic E-state index is -0.634. The minimum absolute atomic E-state index is 0.203. The summed E-state index contributed by atoms with van der Waals surface area (Å²) in [5.74, 6) is -0.376. The van der Waals surface area contributed by atoms with Crippen LogP contribution in [0.2, 0.25) is 0 Å². The van der Waals surface area contributed by atoms with Crippen LogP contribution < -0.4 is 10.6 Å². The molecule has 0 bridgehead atoms. The quantitative estimate of drug-likeness (QED) is 0.465. The SMILES string of the molecule is O=C(CCCNC(=O)c1ccco1)NC(CO)CO. The molecule has 0 aliphatic heterocycles. The van der Waals surface area contributed by atoms with Crippen LogP contribution in [-0.4, -0.2) is 47.8 Å². The van der Waals surface area contributed by atoms with Gasteiger partial charge in [-0.3, -0.25) is 9.59 Å². The molecule has 2 amide bonds. The van der Waals surface area contributed by atoms with E-state index in [0.717, 1.165) is 0 Å². The molecule has 4 N–H and O–H groups in total. The van der Waals surface area contributed by atoms with Crippen LogP contribution >= 0.6 is 0 Å². The van der Waals surface area contributed by atoms with Crippen LogP contribution in [0.3, 0.4) is 0 Å². The highest BCUT2D eigenvalue weighted by molar-refractivity contribution is 5.91. The summed E-state index contributed by atoms with van der Waals surface area (Å²) in [4.78, 5) is 22.8. The highest BCUT2D eigenvalue weighted by Crippen LogP contribution is 1.99. The molecule has 7 nitrogen and oxygen atoms in total. The first kappa shape index (κ1) is 15.2. The topological polar surface area (TPSA) is 112 Å². The molecule has 19 heavy (non-hydrogen) atoms. The Labute approximate surface area is 110 Å². The van der Waals surface area contributed by atoms with Gasteiger partial charge >= 0.3 is 0 Å². The van der Waals surface area contributed by atoms with Gasteiger partial charge in [0.25, 0.3) is 5.91 Å². The second-order valence-corrected chi connectivity index (χ2v) is 3.97. The summed E-state index contributed by atoms with van der Waals surface area (Å²) in [6.45, 7) is -0.273. The molecule has 0 aromatic carbocycles. The molecule has 1 aromatic heterocycles. The Bertz CT molecular complexity index is 387. The van der Waals surface area contributed by atoms with Crippen LogP contribution in [0, 0.1) is 0 Å². The van der Waals surface area contributed by atoms with Crippen molar-refractivity contribution in [3.8, 4) is 0 Å². The van der Waals surface area contributed by atoms with Gasteiger partial charge in [-0.15, -0.1) is 0 Å². The number of aliphatic hydroxyl groups is 2. The monoisotopic (exact) mass is 270 g/mol. The van der Waals surface area contributed by atoms with E-state index in [2.05, 4.69) is 10.6 Å². The average Bonchev–Trinajstić information content (AvgIpc) is 2.94. The molecule has 0 atom stereocenters. The first-order valence-corrected chi connectivity index (χ1v) is 6.00. The largest absolute Gasteiger partial charge is 0.459 e. The van der Waals surface area contributed by atoms with Gasteiger partial charge in [0.2, 0.25) is 5.91 Å². The smallest absolute Gasteiger partial charge is 0.286 e. The second-order valence-electron chi connectivity index (χ2n) is 3.97. The van der Waals surface area contributed by atoms with Gasteiger partial charge in [-0.05, 0) is 18.6 Å². The number of carbonyl (C=O) groups excluding carboxylic acids is 2. The maximum atomic E-state index is 11.4. The summed E-state index contributed by atoms with van der Waals surface area (Å²) < 4.78 is 4.91. The first-order chi connectivity index (χ1) is 9.17. The first-order valence-electron chi connectivity index (χ1n) is 6.00. The van der Waals surface area contributed by atoms with Gasteiger partial charge in [0.05, 0.1) is 25.5 Å². The number of hydrogen-bond acceptors (Lipinski definition) is 5. The molecular formula is C12H18N2O5. The fraction of sp³-hybridized carbons (Fsp3) is 0.500. The lowest BCUT2D eigenvalue weighted by Gasteiger charge is -2.13. The van der Waals surface area contributed by atoms with Crippen molar-refractivity contribution in [3.05, 3.63) is 24.2 Å². The lowest BCUT2D eigenvalue weighted by atomic mass is 10.2. The van der Waals surface area contributed by atoms with E-state index in [-0.39, 0.29) is 37.2 Å². The fourth-order valence-corrected chi connectivity index (χ4v) is 1.39. The molecule has 0 unspecified atom stereocenters. The molecule has 1 rings (SSSR count). The standard InChI is InChI=1S/C12H18N2O5/c15-7-9(8-16)14-11(17)4-1-5-13-12(18)10-3-2-6-19-10/h2-3,6,9,15-16H,1,4-5,7-8H2,(H,13,18)(H,14,17). The molecule has 0 aliphatic carbocycles. The maximum Gasteiger partial charge on any atom is 0.286 e. The Kier molecular flexibility index (Phi) is 6.62. The Balaban J connectivity index is 2.13. The van der Waals surface area contributed by atoms with E-state index in [0.29, 0.717) is 13.0 Å². The molecule has 0 fully saturated rings. The predicted molar refractivity (Wildman–Crippen MR) is 66.4 cm³/mol. The summed E-state index contributed by atoms with van der Waals surface area (Å²) in [6.07, 6.45) is 2.07. The third kappa shape index (κ3) is 5.54. The number of aliphatic hydroxyl groups excluding tert-OH is 2. The van der Waals surface area contributed by atoms with E-state index in [1.165, 1.54) is 6.26 Å². The summed E-state index contributed by atoms with van der Waals surface area (Å²) in [7, 11) is 0. The van der Waals surface area contributed by atoms with Crippen molar-refractivity contribution >= 4 is 11.8 Å². The van der Waals surface area contributed by atoms with Gasteiger partial charge in [-0.1, -0.05) is 0 Å². The highest BCUT2D eigenvalue weighted by Gasteiger charge is 2.10. The van der Waals surface area contributed by atoms with E-state index < -0.39 is 6.04 Å². The van der Waals surface area contributed by atoms with Crippen molar-refractivity contribution in [2.24, 2.45) is 0 Å². The predicted octanol–water partition coefficient (Wildman–Crippen LogP) is -0.741. The lowest BCUT2D eigenvalue weighted by Crippen LogP contribution is -2.40. The summed E-state index contributed by atoms with van der Waals surface area (Å²) in [6, 6.07) is 2.53. The molecular weight excluding hydrogens is 252 g/mol. The number of hydrogen-bond donors (Lipinski definition) is 4. The molecule has 7 heteroatoms. The molecule has 106 valence electrons. The zero-order chi connectivity index (χ0) is 14.1. The second kappa shape index (κ2) is 8.28. The lowest BCUT2D eigenvalue weighted by molar-refractivity contribution is -0.122. The molecule has 0 saturated heterocycles. The molecule has 1 heterocycles. The van der Waals surface area contributed by atoms with E-state index in [4.69, 9.17) is 14.6 Å². The average molecular weight is 270 g/mol. The highest BCUT2D eigenvalue weighted by atomic mass is 16.3. The third-order valence-electron chi connectivity index (χ3n) is 2.42. The van der Waals surface area contributed by atoms with Crippen LogP contribution in [0.15, 0.2) is 22.8 Å². The van der Waals surface area contributed by atoms with E-state index in [1.807, 2.05) is 0 Å². The molecule has 0 saturated carbocycles. The van der Waals surface area contributed by atoms with Crippen LogP contribution in [0.25, 0.3) is 0 Å². The van der Waals surface area contributed by atoms with Crippen LogP contribution in [0.4, 0.5) is 0 Å². The van der Waals surface area contributed by atoms with Crippen LogP contribution in [0.1, 0.15) is 23.4 Å². The van der Waals surface area contributed by atoms with Crippen molar-refractivity contribution in [1.29, 1.82) is 0 Å². The van der Waals surface area contributed by atoms with E-state index in [9.17, 15) is 9.59 Å². The van der Waals surface area contributed by atoms with E-state index in [1.54, 1.807) is 12.1 Å². The Morgan fingerprint density at radius 1 is 1.32 bits per heavy atom. The van der Waals surface area contributed by atoms with Crippen LogP contribution in [0.5, 0.6) is 0 Å². The van der Waals surface area contributed by atoms with Gasteiger partial charge in [-0.25, -0.2) is 0 Å². The number of furan rings is 1. The van der Waals surface area contributed by atoms with Crippen LogP contribution in [-0.2, 0) is 4.79 Å². The van der Waals surface area contributed by atoms with Gasteiger partial charge in [0.15, 0.2) is 5.76 Å². The number of nitrogens with one attached hydrogen (secondary N) is 2. The Hall–Kier alpha value is -1.86. The molecule has 0 spiro atoms. The van der Waals surface area contributed by atoms with Crippen molar-refractivity contribution in [2.75, 3.05) is 19.8 Å². The van der Waals surface area contributed by atoms with Gasteiger partial charge in [0.1, 0.15) is 0 Å². The number of amides is 2. The maximum absolute atomic E-state index is 11.4.